The van der Waals surface area contributed by atoms with Gasteiger partial charge in [0.1, 0.15) is 11.0 Å². The van der Waals surface area contributed by atoms with Crippen LogP contribution >= 0.6 is 23.4 Å². The maximum absolute atomic E-state index is 12.4. The standard InChI is InChI=1S/C18H26ClN5O2S/c1-13-11-23(8-9-24(13)14(2)25)16-10-15(19)20-18(21-16)27-12-17(26)22-6-4-3-5-7-22/h10,13H,3-9,11-12H2,1-2H3/t13-/m0/s1. The third kappa shape index (κ3) is 5.25. The molecular weight excluding hydrogens is 386 g/mol. The minimum atomic E-state index is 0.0929. The van der Waals surface area contributed by atoms with Crippen LogP contribution in [0.1, 0.15) is 33.1 Å². The fourth-order valence-electron chi connectivity index (χ4n) is 3.61. The van der Waals surface area contributed by atoms with Crippen LogP contribution in [0.4, 0.5) is 5.82 Å². The fraction of sp³-hybridized carbons (Fsp3) is 0.667. The Morgan fingerprint density at radius 1 is 1.19 bits per heavy atom. The molecule has 2 aliphatic rings. The summed E-state index contributed by atoms with van der Waals surface area (Å²) < 4.78 is 0. The van der Waals surface area contributed by atoms with E-state index in [1.165, 1.54) is 18.2 Å². The topological polar surface area (TPSA) is 69.6 Å². The van der Waals surface area contributed by atoms with Gasteiger partial charge in [0, 0.05) is 51.8 Å². The molecule has 0 N–H and O–H groups in total. The maximum Gasteiger partial charge on any atom is 0.233 e. The average molecular weight is 412 g/mol. The predicted octanol–water partition coefficient (Wildman–Crippen LogP) is 2.29. The largest absolute Gasteiger partial charge is 0.353 e. The number of piperazine rings is 1. The molecule has 148 valence electrons. The van der Waals surface area contributed by atoms with E-state index in [-0.39, 0.29) is 17.9 Å². The van der Waals surface area contributed by atoms with Gasteiger partial charge in [0.2, 0.25) is 11.8 Å². The second-order valence-corrected chi connectivity index (χ2v) is 8.40. The van der Waals surface area contributed by atoms with Crippen molar-refractivity contribution in [2.75, 3.05) is 43.4 Å². The lowest BCUT2D eigenvalue weighted by Gasteiger charge is -2.40. The average Bonchev–Trinajstić information content (AvgIpc) is 2.66. The highest BCUT2D eigenvalue weighted by molar-refractivity contribution is 7.99. The van der Waals surface area contributed by atoms with Gasteiger partial charge in [0.15, 0.2) is 5.16 Å². The summed E-state index contributed by atoms with van der Waals surface area (Å²) in [6.45, 7) is 7.38. The lowest BCUT2D eigenvalue weighted by molar-refractivity contribution is -0.131. The first-order chi connectivity index (χ1) is 12.9. The Labute approximate surface area is 169 Å². The molecule has 7 nitrogen and oxygen atoms in total. The van der Waals surface area contributed by atoms with Crippen molar-refractivity contribution >= 4 is 41.0 Å². The molecular formula is C18H26ClN5O2S. The van der Waals surface area contributed by atoms with Gasteiger partial charge in [-0.1, -0.05) is 23.4 Å². The molecule has 0 bridgehead atoms. The van der Waals surface area contributed by atoms with Crippen LogP contribution in [-0.2, 0) is 9.59 Å². The van der Waals surface area contributed by atoms with Crippen LogP contribution in [0.5, 0.6) is 0 Å². The van der Waals surface area contributed by atoms with Gasteiger partial charge in [-0.3, -0.25) is 9.59 Å². The third-order valence-electron chi connectivity index (χ3n) is 5.05. The second kappa shape index (κ2) is 9.10. The highest BCUT2D eigenvalue weighted by Crippen LogP contribution is 2.24. The van der Waals surface area contributed by atoms with Gasteiger partial charge in [-0.25, -0.2) is 9.97 Å². The summed E-state index contributed by atoms with van der Waals surface area (Å²) in [5.41, 5.74) is 0. The minimum absolute atomic E-state index is 0.0929. The summed E-state index contributed by atoms with van der Waals surface area (Å²) in [6.07, 6.45) is 3.37. The first-order valence-corrected chi connectivity index (χ1v) is 10.8. The summed E-state index contributed by atoms with van der Waals surface area (Å²) >= 11 is 7.53. The van der Waals surface area contributed by atoms with Gasteiger partial charge >= 0.3 is 0 Å². The first kappa shape index (κ1) is 20.2. The van der Waals surface area contributed by atoms with Gasteiger partial charge in [-0.2, -0.15) is 0 Å². The quantitative estimate of drug-likeness (QED) is 0.430. The van der Waals surface area contributed by atoms with E-state index in [9.17, 15) is 9.59 Å². The van der Waals surface area contributed by atoms with E-state index in [0.717, 1.165) is 31.7 Å². The number of hydrogen-bond donors (Lipinski definition) is 0. The van der Waals surface area contributed by atoms with E-state index >= 15 is 0 Å². The zero-order valence-corrected chi connectivity index (χ0v) is 17.4. The zero-order chi connectivity index (χ0) is 19.4. The molecule has 0 unspecified atom stereocenters. The molecule has 0 aromatic carbocycles. The van der Waals surface area contributed by atoms with E-state index in [0.29, 0.717) is 35.7 Å². The second-order valence-electron chi connectivity index (χ2n) is 7.07. The molecule has 2 fully saturated rings. The van der Waals surface area contributed by atoms with Crippen LogP contribution in [0.3, 0.4) is 0 Å². The normalized spacial score (nSPS) is 20.7. The number of anilines is 1. The molecule has 27 heavy (non-hydrogen) atoms. The Hall–Kier alpha value is -1.54. The Morgan fingerprint density at radius 3 is 2.59 bits per heavy atom. The smallest absolute Gasteiger partial charge is 0.233 e. The van der Waals surface area contributed by atoms with E-state index in [1.54, 1.807) is 13.0 Å². The van der Waals surface area contributed by atoms with Crippen molar-refractivity contribution in [1.82, 2.24) is 19.8 Å². The van der Waals surface area contributed by atoms with Crippen LogP contribution < -0.4 is 4.90 Å². The lowest BCUT2D eigenvalue weighted by Crippen LogP contribution is -2.53. The van der Waals surface area contributed by atoms with Gasteiger partial charge in [-0.15, -0.1) is 0 Å². The molecule has 3 heterocycles. The third-order valence-corrected chi connectivity index (χ3v) is 6.08. The number of nitrogens with zero attached hydrogens (tertiary/aromatic N) is 5. The van der Waals surface area contributed by atoms with Gasteiger partial charge < -0.3 is 14.7 Å². The van der Waals surface area contributed by atoms with Crippen molar-refractivity contribution in [1.29, 1.82) is 0 Å². The van der Waals surface area contributed by atoms with Crippen LogP contribution in [-0.4, -0.2) is 76.1 Å². The molecule has 1 aromatic heterocycles. The summed E-state index contributed by atoms with van der Waals surface area (Å²) in [4.78, 5) is 38.8. The molecule has 1 atom stereocenters. The molecule has 9 heteroatoms. The lowest BCUT2D eigenvalue weighted by atomic mass is 10.1. The molecule has 1 aromatic rings. The Kier molecular flexibility index (Phi) is 6.81. The molecule has 2 saturated heterocycles. The van der Waals surface area contributed by atoms with Crippen molar-refractivity contribution in [3.05, 3.63) is 11.2 Å². The monoisotopic (exact) mass is 411 g/mol. The van der Waals surface area contributed by atoms with E-state index < -0.39 is 0 Å². The highest BCUT2D eigenvalue weighted by Gasteiger charge is 2.26. The van der Waals surface area contributed by atoms with Crippen LogP contribution in [0.25, 0.3) is 0 Å². The maximum atomic E-state index is 12.4. The summed E-state index contributed by atoms with van der Waals surface area (Å²) in [7, 11) is 0. The van der Waals surface area contributed by atoms with E-state index in [1.807, 2.05) is 16.7 Å². The summed E-state index contributed by atoms with van der Waals surface area (Å²) in [5.74, 6) is 1.30. The van der Waals surface area contributed by atoms with Crippen molar-refractivity contribution in [3.8, 4) is 0 Å². The zero-order valence-electron chi connectivity index (χ0n) is 15.9. The number of piperidine rings is 1. The number of carbonyl (C=O) groups excluding carboxylic acids is 2. The van der Waals surface area contributed by atoms with Crippen molar-refractivity contribution < 1.29 is 9.59 Å². The molecule has 0 aliphatic carbocycles. The number of likely N-dealkylation sites (tertiary alicyclic amines) is 1. The number of amides is 2. The number of aromatic nitrogens is 2. The van der Waals surface area contributed by atoms with Crippen LogP contribution in [0, 0.1) is 0 Å². The highest BCUT2D eigenvalue weighted by atomic mass is 35.5. The molecule has 0 radical (unpaired) electrons. The predicted molar refractivity (Wildman–Crippen MR) is 107 cm³/mol. The van der Waals surface area contributed by atoms with Crippen molar-refractivity contribution in [3.63, 3.8) is 0 Å². The SMILES string of the molecule is CC(=O)N1CCN(c2cc(Cl)nc(SCC(=O)N3CCCCC3)n2)C[C@@H]1C. The Morgan fingerprint density at radius 2 is 1.93 bits per heavy atom. The molecule has 3 rings (SSSR count). The summed E-state index contributed by atoms with van der Waals surface area (Å²) in [6, 6.07) is 1.86. The molecule has 2 amide bonds. The molecule has 0 spiro atoms. The Balaban J connectivity index is 1.62. The van der Waals surface area contributed by atoms with Gasteiger partial charge in [-0.05, 0) is 26.2 Å². The minimum Gasteiger partial charge on any atom is -0.353 e. The fourth-order valence-corrected chi connectivity index (χ4v) is 4.59. The molecule has 0 saturated carbocycles. The van der Waals surface area contributed by atoms with Crippen molar-refractivity contribution in [2.45, 2.75) is 44.3 Å². The van der Waals surface area contributed by atoms with Gasteiger partial charge in [0.25, 0.3) is 0 Å². The molecule has 2 aliphatic heterocycles. The Bertz CT molecular complexity index is 698. The number of rotatable bonds is 4. The van der Waals surface area contributed by atoms with Gasteiger partial charge in [0.05, 0.1) is 5.75 Å². The van der Waals surface area contributed by atoms with Crippen LogP contribution in [0.2, 0.25) is 5.15 Å². The van der Waals surface area contributed by atoms with Crippen molar-refractivity contribution in [2.24, 2.45) is 0 Å². The number of halogens is 1. The van der Waals surface area contributed by atoms with Crippen LogP contribution in [0.15, 0.2) is 11.2 Å². The number of carbonyl (C=O) groups is 2. The number of hydrogen-bond acceptors (Lipinski definition) is 6. The van der Waals surface area contributed by atoms with E-state index in [2.05, 4.69) is 14.9 Å². The van der Waals surface area contributed by atoms with E-state index in [4.69, 9.17) is 11.6 Å². The number of thioether (sulfide) groups is 1. The summed E-state index contributed by atoms with van der Waals surface area (Å²) in [5, 5.41) is 0.888. The first-order valence-electron chi connectivity index (χ1n) is 9.41.